The van der Waals surface area contributed by atoms with Crippen LogP contribution in [0.15, 0.2) is 24.3 Å². The number of fused-ring (bicyclic) bond motifs is 1. The maximum Gasteiger partial charge on any atom is 0.306 e. The summed E-state index contributed by atoms with van der Waals surface area (Å²) in [5.74, 6) is 0.444. The lowest BCUT2D eigenvalue weighted by molar-refractivity contribution is -0.151. The van der Waals surface area contributed by atoms with E-state index in [1.807, 2.05) is 6.07 Å². The molecule has 1 aromatic carbocycles. The predicted molar refractivity (Wildman–Crippen MR) is 69.2 cm³/mol. The molecule has 0 bridgehead atoms. The van der Waals surface area contributed by atoms with Gasteiger partial charge in [-0.1, -0.05) is 24.3 Å². The molecular weight excluding hydrogens is 226 g/mol. The van der Waals surface area contributed by atoms with Gasteiger partial charge in [-0.3, -0.25) is 4.79 Å². The van der Waals surface area contributed by atoms with Crippen LogP contribution in [-0.2, 0) is 16.0 Å². The van der Waals surface area contributed by atoms with Crippen molar-refractivity contribution in [3.8, 4) is 0 Å². The number of aryl methyl sites for hydroxylation is 1. The summed E-state index contributed by atoms with van der Waals surface area (Å²) in [7, 11) is 0. The Balaban J connectivity index is 1.64. The fourth-order valence-corrected chi connectivity index (χ4v) is 2.77. The van der Waals surface area contributed by atoms with E-state index in [0.717, 1.165) is 32.4 Å². The summed E-state index contributed by atoms with van der Waals surface area (Å²) >= 11 is 0. The van der Waals surface area contributed by atoms with Crippen molar-refractivity contribution in [3.05, 3.63) is 35.4 Å². The van der Waals surface area contributed by atoms with Gasteiger partial charge in [0.2, 0.25) is 0 Å². The molecule has 3 rings (SSSR count). The van der Waals surface area contributed by atoms with E-state index in [9.17, 15) is 4.79 Å². The molecule has 1 aromatic rings. The number of hydrogen-bond acceptors (Lipinski definition) is 3. The predicted octanol–water partition coefficient (Wildman–Crippen LogP) is 2.22. The fraction of sp³-hybridized carbons (Fsp3) is 0.533. The van der Waals surface area contributed by atoms with Gasteiger partial charge in [0.05, 0.1) is 6.42 Å². The quantitative estimate of drug-likeness (QED) is 0.830. The van der Waals surface area contributed by atoms with Crippen LogP contribution in [0.2, 0.25) is 0 Å². The SMILES string of the molecule is O=C(CC1CNC1)OC1CCCc2ccccc21. The normalized spacial score (nSPS) is 23.0. The van der Waals surface area contributed by atoms with Gasteiger partial charge in [-0.2, -0.15) is 0 Å². The highest BCUT2D eigenvalue weighted by Crippen LogP contribution is 2.32. The van der Waals surface area contributed by atoms with Crippen LogP contribution in [0.25, 0.3) is 0 Å². The van der Waals surface area contributed by atoms with Gasteiger partial charge in [0.25, 0.3) is 0 Å². The van der Waals surface area contributed by atoms with Crippen LogP contribution in [0.5, 0.6) is 0 Å². The topological polar surface area (TPSA) is 38.3 Å². The first-order chi connectivity index (χ1) is 8.83. The zero-order valence-corrected chi connectivity index (χ0v) is 10.5. The molecule has 0 spiro atoms. The van der Waals surface area contributed by atoms with Crippen molar-refractivity contribution in [2.75, 3.05) is 13.1 Å². The van der Waals surface area contributed by atoms with Crippen LogP contribution in [-0.4, -0.2) is 19.1 Å². The molecule has 1 aliphatic carbocycles. The highest BCUT2D eigenvalue weighted by molar-refractivity contribution is 5.70. The summed E-state index contributed by atoms with van der Waals surface area (Å²) in [5, 5.41) is 3.18. The number of nitrogens with one attached hydrogen (secondary N) is 1. The molecule has 1 saturated heterocycles. The van der Waals surface area contributed by atoms with E-state index in [1.54, 1.807) is 0 Å². The molecule has 2 aliphatic rings. The average Bonchev–Trinajstić information content (AvgIpc) is 2.34. The van der Waals surface area contributed by atoms with Gasteiger partial charge >= 0.3 is 5.97 Å². The number of carbonyl (C=O) groups is 1. The zero-order valence-electron chi connectivity index (χ0n) is 10.5. The highest BCUT2D eigenvalue weighted by Gasteiger charge is 2.26. The van der Waals surface area contributed by atoms with E-state index < -0.39 is 0 Å². The van der Waals surface area contributed by atoms with Gasteiger partial charge in [0.1, 0.15) is 6.10 Å². The third kappa shape index (κ3) is 2.41. The summed E-state index contributed by atoms with van der Waals surface area (Å²) in [6.45, 7) is 1.91. The Labute approximate surface area is 108 Å². The van der Waals surface area contributed by atoms with Crippen LogP contribution in [0, 0.1) is 5.92 Å². The molecule has 1 atom stereocenters. The number of benzene rings is 1. The zero-order chi connectivity index (χ0) is 12.4. The maximum absolute atomic E-state index is 11.9. The van der Waals surface area contributed by atoms with Crippen molar-refractivity contribution in [2.24, 2.45) is 5.92 Å². The minimum Gasteiger partial charge on any atom is -0.457 e. The molecule has 18 heavy (non-hydrogen) atoms. The fourth-order valence-electron chi connectivity index (χ4n) is 2.77. The van der Waals surface area contributed by atoms with Gasteiger partial charge in [0, 0.05) is 0 Å². The maximum atomic E-state index is 11.9. The first kappa shape index (κ1) is 11.7. The summed E-state index contributed by atoms with van der Waals surface area (Å²) < 4.78 is 5.66. The van der Waals surface area contributed by atoms with Crippen LogP contribution >= 0.6 is 0 Å². The Morgan fingerprint density at radius 1 is 1.33 bits per heavy atom. The molecule has 0 radical (unpaired) electrons. The molecule has 1 unspecified atom stereocenters. The van der Waals surface area contributed by atoms with Gasteiger partial charge in [-0.15, -0.1) is 0 Å². The minimum absolute atomic E-state index is 0.0181. The van der Waals surface area contributed by atoms with Crippen molar-refractivity contribution in [1.29, 1.82) is 0 Å². The highest BCUT2D eigenvalue weighted by atomic mass is 16.5. The van der Waals surface area contributed by atoms with E-state index in [-0.39, 0.29) is 12.1 Å². The molecule has 3 nitrogen and oxygen atoms in total. The number of ether oxygens (including phenoxy) is 1. The first-order valence-electron chi connectivity index (χ1n) is 6.81. The Morgan fingerprint density at radius 2 is 2.17 bits per heavy atom. The molecular formula is C15H19NO2. The lowest BCUT2D eigenvalue weighted by Gasteiger charge is -2.29. The van der Waals surface area contributed by atoms with E-state index in [0.29, 0.717) is 12.3 Å². The molecule has 0 aromatic heterocycles. The second-order valence-corrected chi connectivity index (χ2v) is 5.30. The lowest BCUT2D eigenvalue weighted by atomic mass is 9.89. The number of carbonyl (C=O) groups excluding carboxylic acids is 1. The van der Waals surface area contributed by atoms with Crippen LogP contribution < -0.4 is 5.32 Å². The van der Waals surface area contributed by atoms with Crippen LogP contribution in [0.4, 0.5) is 0 Å². The molecule has 1 N–H and O–H groups in total. The Hall–Kier alpha value is -1.35. The molecule has 1 heterocycles. The standard InChI is InChI=1S/C15H19NO2/c17-15(8-11-9-16-10-11)18-14-7-3-5-12-4-1-2-6-13(12)14/h1-2,4,6,11,14,16H,3,5,7-10H2. The third-order valence-electron chi connectivity index (χ3n) is 3.91. The monoisotopic (exact) mass is 245 g/mol. The summed E-state index contributed by atoms with van der Waals surface area (Å²) in [6.07, 6.45) is 3.73. The van der Waals surface area contributed by atoms with E-state index in [1.165, 1.54) is 11.1 Å². The molecule has 1 aliphatic heterocycles. The van der Waals surface area contributed by atoms with Crippen molar-refractivity contribution in [1.82, 2.24) is 5.32 Å². The average molecular weight is 245 g/mol. The molecule has 3 heteroatoms. The molecule has 0 saturated carbocycles. The number of hydrogen-bond donors (Lipinski definition) is 1. The summed E-state index contributed by atoms with van der Waals surface area (Å²) in [6, 6.07) is 8.33. The van der Waals surface area contributed by atoms with Crippen LogP contribution in [0.3, 0.4) is 0 Å². The van der Waals surface area contributed by atoms with Gasteiger partial charge in [-0.25, -0.2) is 0 Å². The first-order valence-corrected chi connectivity index (χ1v) is 6.81. The van der Waals surface area contributed by atoms with E-state index >= 15 is 0 Å². The van der Waals surface area contributed by atoms with Crippen molar-refractivity contribution < 1.29 is 9.53 Å². The smallest absolute Gasteiger partial charge is 0.306 e. The second kappa shape index (κ2) is 5.11. The largest absolute Gasteiger partial charge is 0.457 e. The van der Waals surface area contributed by atoms with E-state index in [2.05, 4.69) is 23.5 Å². The second-order valence-electron chi connectivity index (χ2n) is 5.30. The van der Waals surface area contributed by atoms with Crippen LogP contribution in [0.1, 0.15) is 36.5 Å². The van der Waals surface area contributed by atoms with Gasteiger partial charge in [0.15, 0.2) is 0 Å². The number of rotatable bonds is 3. The Bertz CT molecular complexity index is 440. The molecule has 1 fully saturated rings. The summed E-state index contributed by atoms with van der Waals surface area (Å²) in [5.41, 5.74) is 2.55. The third-order valence-corrected chi connectivity index (χ3v) is 3.91. The van der Waals surface area contributed by atoms with Crippen molar-refractivity contribution >= 4 is 5.97 Å². The van der Waals surface area contributed by atoms with Gasteiger partial charge in [-0.05, 0) is 49.4 Å². The number of esters is 1. The van der Waals surface area contributed by atoms with Gasteiger partial charge < -0.3 is 10.1 Å². The Morgan fingerprint density at radius 3 is 2.94 bits per heavy atom. The molecule has 96 valence electrons. The lowest BCUT2D eigenvalue weighted by Crippen LogP contribution is -2.43. The molecule has 0 amide bonds. The minimum atomic E-state index is -0.0387. The van der Waals surface area contributed by atoms with E-state index in [4.69, 9.17) is 4.74 Å². The van der Waals surface area contributed by atoms with Crippen molar-refractivity contribution in [2.45, 2.75) is 31.8 Å². The van der Waals surface area contributed by atoms with Crippen molar-refractivity contribution in [3.63, 3.8) is 0 Å². The Kier molecular flexibility index (Phi) is 3.33. The summed E-state index contributed by atoms with van der Waals surface area (Å²) in [4.78, 5) is 11.9.